The Morgan fingerprint density at radius 2 is 2.09 bits per heavy atom. The van der Waals surface area contributed by atoms with Crippen LogP contribution in [0.3, 0.4) is 0 Å². The number of anilines is 1. The Kier molecular flexibility index (Phi) is 4.26. The highest BCUT2D eigenvalue weighted by Crippen LogP contribution is 2.35. The number of benzene rings is 1. The van der Waals surface area contributed by atoms with Gasteiger partial charge in [0, 0.05) is 12.1 Å². The fourth-order valence-electron chi connectivity index (χ4n) is 2.50. The van der Waals surface area contributed by atoms with Gasteiger partial charge in [0.1, 0.15) is 6.04 Å². The number of halogens is 1. The molecule has 1 aromatic carbocycles. The third-order valence-electron chi connectivity index (χ3n) is 3.48. The zero-order valence-corrected chi connectivity index (χ0v) is 13.2. The molecule has 0 radical (unpaired) electrons. The number of hydrogen-bond donors (Lipinski definition) is 1. The first kappa shape index (κ1) is 15.4. The number of aromatic nitrogens is 4. The third-order valence-corrected chi connectivity index (χ3v) is 3.73. The van der Waals surface area contributed by atoms with Crippen LogP contribution in [0.4, 0.5) is 5.95 Å². The van der Waals surface area contributed by atoms with Crippen molar-refractivity contribution in [2.45, 2.75) is 6.04 Å². The molecule has 2 aromatic rings. The molecule has 1 unspecified atom stereocenters. The van der Waals surface area contributed by atoms with Gasteiger partial charge in [0.15, 0.2) is 0 Å². The largest absolute Gasteiger partial charge is 0.466 e. The van der Waals surface area contributed by atoms with E-state index in [1.807, 2.05) is 12.1 Å². The van der Waals surface area contributed by atoms with E-state index in [1.54, 1.807) is 19.2 Å². The summed E-state index contributed by atoms with van der Waals surface area (Å²) in [7, 11) is 2.87. The molecule has 0 saturated heterocycles. The molecule has 0 aliphatic carbocycles. The number of nitrogens with zero attached hydrogens (tertiary/aromatic N) is 4. The van der Waals surface area contributed by atoms with E-state index in [1.165, 1.54) is 11.8 Å². The van der Waals surface area contributed by atoms with Crippen molar-refractivity contribution in [2.24, 2.45) is 0 Å². The quantitative estimate of drug-likeness (QED) is 0.845. The molecule has 0 amide bonds. The van der Waals surface area contributed by atoms with Gasteiger partial charge in [-0.2, -0.15) is 4.68 Å². The van der Waals surface area contributed by atoms with Gasteiger partial charge in [-0.25, -0.2) is 4.79 Å². The Hall–Kier alpha value is -2.45. The van der Waals surface area contributed by atoms with Crippen molar-refractivity contribution in [3.8, 4) is 0 Å². The first-order valence-corrected chi connectivity index (χ1v) is 7.14. The molecule has 120 valence electrons. The van der Waals surface area contributed by atoms with Crippen LogP contribution in [0.15, 0.2) is 35.5 Å². The number of esters is 1. The van der Waals surface area contributed by atoms with Crippen molar-refractivity contribution >= 4 is 23.5 Å². The van der Waals surface area contributed by atoms with Crippen LogP contribution in [0.1, 0.15) is 11.6 Å². The maximum Gasteiger partial charge on any atom is 0.338 e. The first-order valence-electron chi connectivity index (χ1n) is 6.76. The molecule has 0 saturated carbocycles. The van der Waals surface area contributed by atoms with E-state index >= 15 is 0 Å². The third kappa shape index (κ3) is 2.78. The number of fused-ring (bicyclic) bond motifs is 1. The van der Waals surface area contributed by atoms with Crippen molar-refractivity contribution in [3.63, 3.8) is 0 Å². The molecule has 1 N–H and O–H groups in total. The lowest BCUT2D eigenvalue weighted by molar-refractivity contribution is -0.136. The topological polar surface area (TPSA) is 91.2 Å². The monoisotopic (exact) mass is 335 g/mol. The van der Waals surface area contributed by atoms with Crippen LogP contribution in [0.2, 0.25) is 5.02 Å². The molecule has 0 fully saturated rings. The van der Waals surface area contributed by atoms with Crippen LogP contribution in [-0.2, 0) is 14.3 Å². The Morgan fingerprint density at radius 1 is 1.35 bits per heavy atom. The summed E-state index contributed by atoms with van der Waals surface area (Å²) in [6.45, 7) is 0.196. The number of ether oxygens (including phenoxy) is 2. The van der Waals surface area contributed by atoms with Gasteiger partial charge in [0.2, 0.25) is 5.95 Å². The highest BCUT2D eigenvalue weighted by atomic mass is 35.5. The molecule has 0 bridgehead atoms. The molecule has 9 heteroatoms. The Balaban J connectivity index is 2.18. The van der Waals surface area contributed by atoms with E-state index in [2.05, 4.69) is 20.8 Å². The average Bonchev–Trinajstić information content (AvgIpc) is 3.02. The molecular weight excluding hydrogens is 322 g/mol. The van der Waals surface area contributed by atoms with E-state index < -0.39 is 12.0 Å². The maximum absolute atomic E-state index is 12.4. The second-order valence-corrected chi connectivity index (χ2v) is 5.28. The second kappa shape index (κ2) is 6.35. The summed E-state index contributed by atoms with van der Waals surface area (Å²) in [5.74, 6) is -0.0599. The van der Waals surface area contributed by atoms with Crippen molar-refractivity contribution in [1.82, 2.24) is 20.2 Å². The molecule has 1 aromatic heterocycles. The van der Waals surface area contributed by atoms with E-state index in [4.69, 9.17) is 21.1 Å². The minimum atomic E-state index is -0.531. The van der Waals surface area contributed by atoms with Crippen molar-refractivity contribution in [3.05, 3.63) is 46.1 Å². The lowest BCUT2D eigenvalue weighted by Gasteiger charge is -2.28. The molecule has 1 aliphatic rings. The number of methoxy groups -OCH3 is 2. The maximum atomic E-state index is 12.4. The Bertz CT molecular complexity index is 756. The van der Waals surface area contributed by atoms with Gasteiger partial charge in [-0.1, -0.05) is 28.8 Å². The van der Waals surface area contributed by atoms with Gasteiger partial charge in [0.25, 0.3) is 0 Å². The predicted octanol–water partition coefficient (Wildman–Crippen LogP) is 1.41. The van der Waals surface area contributed by atoms with Crippen LogP contribution in [0.25, 0.3) is 0 Å². The molecular formula is C14H14ClN5O3. The van der Waals surface area contributed by atoms with E-state index in [9.17, 15) is 4.79 Å². The summed E-state index contributed by atoms with van der Waals surface area (Å²) >= 11 is 5.95. The summed E-state index contributed by atoms with van der Waals surface area (Å²) in [6, 6.07) is 6.59. The highest BCUT2D eigenvalue weighted by molar-refractivity contribution is 6.30. The number of carbonyl (C=O) groups is 1. The fourth-order valence-corrected chi connectivity index (χ4v) is 2.62. The smallest absolute Gasteiger partial charge is 0.338 e. The summed E-state index contributed by atoms with van der Waals surface area (Å²) in [4.78, 5) is 12.4. The van der Waals surface area contributed by atoms with E-state index in [-0.39, 0.29) is 6.61 Å². The van der Waals surface area contributed by atoms with Gasteiger partial charge in [-0.15, -0.1) is 0 Å². The summed E-state index contributed by atoms with van der Waals surface area (Å²) < 4.78 is 11.6. The number of nitrogens with one attached hydrogen (secondary N) is 1. The summed E-state index contributed by atoms with van der Waals surface area (Å²) in [5.41, 5.74) is 1.75. The standard InChI is InChI=1S/C14H14ClN5O3/c1-22-7-10-11(13(21)23-2)12(8-3-5-9(15)6-4-8)20-14(16-10)17-18-19-20/h3-6,12H,7H2,1-2H3,(H,16,17,19). The highest BCUT2D eigenvalue weighted by Gasteiger charge is 2.35. The van der Waals surface area contributed by atoms with Crippen molar-refractivity contribution in [1.29, 1.82) is 0 Å². The van der Waals surface area contributed by atoms with Crippen molar-refractivity contribution in [2.75, 3.05) is 26.1 Å². The predicted molar refractivity (Wildman–Crippen MR) is 81.9 cm³/mol. The van der Waals surface area contributed by atoms with Gasteiger partial charge in [-0.05, 0) is 28.1 Å². The normalized spacial score (nSPS) is 16.7. The minimum absolute atomic E-state index is 0.196. The SMILES string of the molecule is COCC1=C(C(=O)OC)C(c2ccc(Cl)cc2)n2nnnc2N1. The van der Waals surface area contributed by atoms with Gasteiger partial charge in [-0.3, -0.25) is 0 Å². The molecule has 23 heavy (non-hydrogen) atoms. The van der Waals surface area contributed by atoms with Gasteiger partial charge < -0.3 is 14.8 Å². The van der Waals surface area contributed by atoms with E-state index in [0.29, 0.717) is 22.2 Å². The van der Waals surface area contributed by atoms with Crippen LogP contribution < -0.4 is 5.32 Å². The van der Waals surface area contributed by atoms with Gasteiger partial charge >= 0.3 is 5.97 Å². The lowest BCUT2D eigenvalue weighted by atomic mass is 9.95. The molecule has 1 atom stereocenters. The fraction of sp³-hybridized carbons (Fsp3) is 0.286. The zero-order chi connectivity index (χ0) is 16.4. The van der Waals surface area contributed by atoms with Crippen LogP contribution in [0, 0.1) is 0 Å². The van der Waals surface area contributed by atoms with Crippen molar-refractivity contribution < 1.29 is 14.3 Å². The zero-order valence-electron chi connectivity index (χ0n) is 12.5. The summed E-state index contributed by atoms with van der Waals surface area (Å²) in [6.07, 6.45) is 0. The first-order chi connectivity index (χ1) is 11.2. The Morgan fingerprint density at radius 3 is 2.74 bits per heavy atom. The van der Waals surface area contributed by atoms with Crippen LogP contribution in [-0.4, -0.2) is 47.0 Å². The molecule has 3 rings (SSSR count). The lowest BCUT2D eigenvalue weighted by Crippen LogP contribution is -2.31. The second-order valence-electron chi connectivity index (χ2n) is 4.84. The Labute approximate surface area is 137 Å². The number of tetrazole rings is 1. The number of rotatable bonds is 4. The minimum Gasteiger partial charge on any atom is -0.466 e. The molecule has 8 nitrogen and oxygen atoms in total. The molecule has 2 heterocycles. The molecule has 1 aliphatic heterocycles. The number of hydrogen-bond acceptors (Lipinski definition) is 7. The van der Waals surface area contributed by atoms with Gasteiger partial charge in [0.05, 0.1) is 25.0 Å². The number of carbonyl (C=O) groups excluding carboxylic acids is 1. The van der Waals surface area contributed by atoms with Crippen LogP contribution >= 0.6 is 11.6 Å². The molecule has 0 spiro atoms. The summed E-state index contributed by atoms with van der Waals surface area (Å²) in [5, 5.41) is 15.2. The van der Waals surface area contributed by atoms with Crippen LogP contribution in [0.5, 0.6) is 0 Å². The average molecular weight is 336 g/mol. The van der Waals surface area contributed by atoms with E-state index in [0.717, 1.165) is 5.56 Å².